The van der Waals surface area contributed by atoms with E-state index in [-0.39, 0.29) is 31.0 Å². The standard InChI is InChI=1S/C3H5F3O4S.Na.H/c4-2(1-7)3(5,6)11(8,9)10;;/h2,7H,1H2,(H,8,9,10);;/q;+1;-1. The second kappa shape index (κ2) is 4.77. The predicted octanol–water partition coefficient (Wildman–Crippen LogP) is -3.09. The summed E-state index contributed by atoms with van der Waals surface area (Å²) in [4.78, 5) is 0. The summed E-state index contributed by atoms with van der Waals surface area (Å²) in [6, 6.07) is 0. The van der Waals surface area contributed by atoms with Crippen molar-refractivity contribution in [3.63, 3.8) is 0 Å². The van der Waals surface area contributed by atoms with E-state index in [0.717, 1.165) is 0 Å². The van der Waals surface area contributed by atoms with E-state index in [0.29, 0.717) is 0 Å². The minimum atomic E-state index is -5.78. The molecule has 0 amide bonds. The molecule has 0 saturated carbocycles. The first-order valence-electron chi connectivity index (χ1n) is 2.33. The van der Waals surface area contributed by atoms with Gasteiger partial charge in [-0.05, 0) is 0 Å². The largest absolute Gasteiger partial charge is 1.00 e. The molecule has 0 aliphatic rings. The number of hydrogen-bond donors (Lipinski definition) is 2. The topological polar surface area (TPSA) is 74.6 Å². The number of halogens is 3. The SMILES string of the molecule is O=S(=O)(O)C(F)(F)C(F)CO.[H-].[Na+]. The van der Waals surface area contributed by atoms with Crippen LogP contribution in [-0.2, 0) is 10.1 Å². The molecule has 1 atom stereocenters. The fourth-order valence-corrected chi connectivity index (χ4v) is 0.666. The predicted molar refractivity (Wildman–Crippen MR) is 29.6 cm³/mol. The Morgan fingerprint density at radius 1 is 1.50 bits per heavy atom. The van der Waals surface area contributed by atoms with E-state index >= 15 is 0 Å². The molecule has 0 saturated heterocycles. The maximum atomic E-state index is 12.0. The molecule has 0 bridgehead atoms. The Hall–Kier alpha value is 0.660. The zero-order valence-electron chi connectivity index (χ0n) is 7.04. The first-order chi connectivity index (χ1) is 4.73. The normalized spacial score (nSPS) is 15.1. The Bertz CT molecular complexity index is 233. The summed E-state index contributed by atoms with van der Waals surface area (Å²) in [5.41, 5.74) is 0. The maximum absolute atomic E-state index is 12.0. The van der Waals surface area contributed by atoms with Crippen LogP contribution in [0.2, 0.25) is 0 Å². The van der Waals surface area contributed by atoms with Crippen molar-refractivity contribution < 1.29 is 62.2 Å². The van der Waals surface area contributed by atoms with Crippen LogP contribution >= 0.6 is 0 Å². The Kier molecular flexibility index (Phi) is 6.03. The first kappa shape index (κ1) is 15.1. The Labute approximate surface area is 90.3 Å². The number of rotatable bonds is 3. The zero-order valence-corrected chi connectivity index (χ0v) is 8.85. The van der Waals surface area contributed by atoms with Crippen molar-refractivity contribution in [2.24, 2.45) is 0 Å². The van der Waals surface area contributed by atoms with Crippen molar-refractivity contribution >= 4 is 10.1 Å². The molecule has 0 radical (unpaired) electrons. The molecule has 0 spiro atoms. The molecular formula is C3H6F3NaO4S. The van der Waals surface area contributed by atoms with Crippen LogP contribution in [0.1, 0.15) is 1.43 Å². The summed E-state index contributed by atoms with van der Waals surface area (Å²) in [6.45, 7) is -1.67. The molecule has 70 valence electrons. The van der Waals surface area contributed by atoms with Crippen molar-refractivity contribution in [2.45, 2.75) is 11.4 Å². The van der Waals surface area contributed by atoms with E-state index in [2.05, 4.69) is 0 Å². The van der Waals surface area contributed by atoms with Crippen molar-refractivity contribution in [3.8, 4) is 0 Å². The molecule has 1 unspecified atom stereocenters. The van der Waals surface area contributed by atoms with E-state index in [9.17, 15) is 21.6 Å². The van der Waals surface area contributed by atoms with E-state index in [4.69, 9.17) is 9.66 Å². The van der Waals surface area contributed by atoms with Gasteiger partial charge in [0.2, 0.25) is 6.17 Å². The third-order valence-corrected chi connectivity index (χ3v) is 1.81. The van der Waals surface area contributed by atoms with E-state index in [1.165, 1.54) is 0 Å². The Balaban J connectivity index is -0.000000500. The summed E-state index contributed by atoms with van der Waals surface area (Å²) in [5.74, 6) is 0. The van der Waals surface area contributed by atoms with Crippen LogP contribution in [0.15, 0.2) is 0 Å². The van der Waals surface area contributed by atoms with E-state index in [1.807, 2.05) is 0 Å². The number of hydrogen-bond acceptors (Lipinski definition) is 3. The average molecular weight is 218 g/mol. The van der Waals surface area contributed by atoms with Crippen LogP contribution in [0.4, 0.5) is 13.2 Å². The third-order valence-electron chi connectivity index (χ3n) is 0.869. The van der Waals surface area contributed by atoms with Gasteiger partial charge in [0.15, 0.2) is 0 Å². The van der Waals surface area contributed by atoms with Crippen molar-refractivity contribution in [3.05, 3.63) is 0 Å². The second-order valence-electron chi connectivity index (χ2n) is 1.69. The van der Waals surface area contributed by atoms with E-state index < -0.39 is 28.2 Å². The molecule has 0 aromatic rings. The summed E-state index contributed by atoms with van der Waals surface area (Å²) >= 11 is 0. The van der Waals surface area contributed by atoms with Crippen LogP contribution in [0, 0.1) is 0 Å². The van der Waals surface area contributed by atoms with Crippen molar-refractivity contribution in [2.75, 3.05) is 6.61 Å². The molecule has 0 aromatic heterocycles. The van der Waals surface area contributed by atoms with Gasteiger partial charge in [-0.25, -0.2) is 4.39 Å². The fourth-order valence-electron chi connectivity index (χ4n) is 0.268. The van der Waals surface area contributed by atoms with Gasteiger partial charge in [0, 0.05) is 0 Å². The number of aliphatic hydroxyl groups is 1. The zero-order chi connectivity index (χ0) is 9.28. The summed E-state index contributed by atoms with van der Waals surface area (Å²) < 4.78 is 62.9. The molecule has 12 heavy (non-hydrogen) atoms. The third kappa shape index (κ3) is 3.19. The molecule has 9 heteroatoms. The van der Waals surface area contributed by atoms with Crippen LogP contribution in [0.5, 0.6) is 0 Å². The molecule has 0 heterocycles. The van der Waals surface area contributed by atoms with Gasteiger partial charge in [0.05, 0.1) is 6.61 Å². The molecule has 0 fully saturated rings. The number of aliphatic hydroxyl groups excluding tert-OH is 1. The minimum Gasteiger partial charge on any atom is -1.00 e. The summed E-state index contributed by atoms with van der Waals surface area (Å²) in [7, 11) is -5.78. The van der Waals surface area contributed by atoms with Crippen LogP contribution in [-0.4, -0.2) is 36.1 Å². The summed E-state index contributed by atoms with van der Waals surface area (Å²) in [5, 5.41) is 2.86. The first-order valence-corrected chi connectivity index (χ1v) is 3.77. The van der Waals surface area contributed by atoms with Gasteiger partial charge >= 0.3 is 44.9 Å². The maximum Gasteiger partial charge on any atom is 1.00 e. The summed E-state index contributed by atoms with van der Waals surface area (Å²) in [6.07, 6.45) is -3.31. The van der Waals surface area contributed by atoms with Gasteiger partial charge in [-0.1, -0.05) is 0 Å². The monoisotopic (exact) mass is 218 g/mol. The van der Waals surface area contributed by atoms with Crippen LogP contribution in [0.3, 0.4) is 0 Å². The smallest absolute Gasteiger partial charge is 1.00 e. The molecule has 0 aromatic carbocycles. The van der Waals surface area contributed by atoms with Gasteiger partial charge in [-0.15, -0.1) is 0 Å². The van der Waals surface area contributed by atoms with Crippen LogP contribution < -0.4 is 29.6 Å². The fraction of sp³-hybridized carbons (Fsp3) is 1.00. The Morgan fingerprint density at radius 3 is 1.92 bits per heavy atom. The molecule has 0 aliphatic heterocycles. The van der Waals surface area contributed by atoms with E-state index in [1.54, 1.807) is 0 Å². The minimum absolute atomic E-state index is 0. The van der Waals surface area contributed by atoms with Gasteiger partial charge in [-0.3, -0.25) is 4.55 Å². The number of alkyl halides is 3. The average Bonchev–Trinajstić information content (AvgIpc) is 1.83. The Morgan fingerprint density at radius 2 is 1.83 bits per heavy atom. The van der Waals surface area contributed by atoms with Crippen molar-refractivity contribution in [1.29, 1.82) is 0 Å². The molecular weight excluding hydrogens is 212 g/mol. The van der Waals surface area contributed by atoms with Gasteiger partial charge in [0.1, 0.15) is 0 Å². The molecule has 0 rings (SSSR count). The van der Waals surface area contributed by atoms with Crippen molar-refractivity contribution in [1.82, 2.24) is 0 Å². The van der Waals surface area contributed by atoms with Gasteiger partial charge in [-0.2, -0.15) is 17.2 Å². The quantitative estimate of drug-likeness (QED) is 0.389. The van der Waals surface area contributed by atoms with Gasteiger partial charge in [0.25, 0.3) is 0 Å². The molecule has 4 nitrogen and oxygen atoms in total. The van der Waals surface area contributed by atoms with Gasteiger partial charge < -0.3 is 6.53 Å². The van der Waals surface area contributed by atoms with Crippen LogP contribution in [0.25, 0.3) is 0 Å². The molecule has 2 N–H and O–H groups in total. The molecule has 0 aliphatic carbocycles. The second-order valence-corrected chi connectivity index (χ2v) is 3.18.